The number of allylic oxidation sites excluding steroid dienone is 6. The van der Waals surface area contributed by atoms with Crippen LogP contribution in [-0.2, 0) is 18.4 Å². The van der Waals surface area contributed by atoms with Gasteiger partial charge < -0.3 is 24.9 Å². The summed E-state index contributed by atoms with van der Waals surface area (Å²) < 4.78 is 23.5. The maximum Gasteiger partial charge on any atom is 0.472 e. The minimum absolute atomic E-state index is 0.0134. The van der Waals surface area contributed by atoms with Crippen LogP contribution in [0, 0.1) is 0 Å². The Morgan fingerprint density at radius 2 is 0.952 bits per heavy atom. The molecule has 63 heavy (non-hydrogen) atoms. The van der Waals surface area contributed by atoms with Gasteiger partial charge in [0, 0.05) is 6.42 Å². The molecule has 4 N–H and O–H groups in total. The number of unbranched alkanes of at least 4 members (excludes halogenated alkanes) is 29. The quantitative estimate of drug-likeness (QED) is 0.0207. The highest BCUT2D eigenvalue weighted by Crippen LogP contribution is 2.43. The zero-order valence-corrected chi connectivity index (χ0v) is 42.8. The van der Waals surface area contributed by atoms with Crippen LogP contribution < -0.4 is 5.32 Å². The predicted octanol–water partition coefficient (Wildman–Crippen LogP) is 14.4. The Morgan fingerprint density at radius 1 is 0.571 bits per heavy atom. The lowest BCUT2D eigenvalue weighted by atomic mass is 10.0. The molecular weight excluding hydrogens is 808 g/mol. The van der Waals surface area contributed by atoms with E-state index in [1.165, 1.54) is 154 Å². The van der Waals surface area contributed by atoms with Crippen LogP contribution >= 0.6 is 7.82 Å². The number of nitrogens with one attached hydrogen (secondary N) is 1. The van der Waals surface area contributed by atoms with Gasteiger partial charge in [-0.05, 0) is 58.3 Å². The number of nitrogens with zero attached hydrogens (tertiary/aromatic N) is 1. The highest BCUT2D eigenvalue weighted by molar-refractivity contribution is 7.47. The van der Waals surface area contributed by atoms with Crippen molar-refractivity contribution >= 4 is 13.7 Å². The topological polar surface area (TPSA) is 125 Å². The second-order valence-electron chi connectivity index (χ2n) is 19.4. The van der Waals surface area contributed by atoms with E-state index < -0.39 is 32.7 Å². The molecule has 9 nitrogen and oxygen atoms in total. The summed E-state index contributed by atoms with van der Waals surface area (Å²) in [6, 6.07) is -1.06. The van der Waals surface area contributed by atoms with Crippen molar-refractivity contribution < 1.29 is 38.0 Å². The average Bonchev–Trinajstić information content (AvgIpc) is 3.24. The molecule has 0 bridgehead atoms. The molecular formula is C53H104N2O7P+. The van der Waals surface area contributed by atoms with Gasteiger partial charge in [0.1, 0.15) is 19.3 Å². The molecule has 0 fully saturated rings. The Balaban J connectivity index is 4.20. The maximum atomic E-state index is 13.0. The Labute approximate surface area is 389 Å². The van der Waals surface area contributed by atoms with Gasteiger partial charge in [0.25, 0.3) is 0 Å². The van der Waals surface area contributed by atoms with E-state index in [1.54, 1.807) is 0 Å². The number of phosphoric acid groups is 1. The summed E-state index contributed by atoms with van der Waals surface area (Å²) in [6.07, 6.45) is 52.5. The van der Waals surface area contributed by atoms with E-state index in [4.69, 9.17) is 9.05 Å². The third kappa shape index (κ3) is 45.6. The number of likely N-dealkylation sites (N-methyl/N-ethyl adjacent to an activating group) is 1. The van der Waals surface area contributed by atoms with Crippen molar-refractivity contribution in [3.63, 3.8) is 0 Å². The average molecular weight is 912 g/mol. The van der Waals surface area contributed by atoms with Gasteiger partial charge in [0.05, 0.1) is 39.9 Å². The molecule has 4 unspecified atom stereocenters. The minimum Gasteiger partial charge on any atom is -0.390 e. The number of hydrogen-bond donors (Lipinski definition) is 4. The second-order valence-corrected chi connectivity index (χ2v) is 20.8. The predicted molar refractivity (Wildman–Crippen MR) is 269 cm³/mol. The zero-order chi connectivity index (χ0) is 46.5. The van der Waals surface area contributed by atoms with Crippen LogP contribution in [0.25, 0.3) is 0 Å². The van der Waals surface area contributed by atoms with E-state index in [0.29, 0.717) is 23.9 Å². The number of quaternary nitrogens is 1. The molecule has 0 aliphatic rings. The van der Waals surface area contributed by atoms with E-state index in [1.807, 2.05) is 28.1 Å². The summed E-state index contributed by atoms with van der Waals surface area (Å²) in [5, 5.41) is 24.7. The first-order valence-corrected chi connectivity index (χ1v) is 27.9. The van der Waals surface area contributed by atoms with Crippen LogP contribution in [0.3, 0.4) is 0 Å². The fourth-order valence-corrected chi connectivity index (χ4v) is 8.57. The van der Waals surface area contributed by atoms with Crippen LogP contribution in [0.1, 0.15) is 239 Å². The number of aliphatic hydroxyl groups excluding tert-OH is 2. The fourth-order valence-electron chi connectivity index (χ4n) is 7.83. The number of phosphoric ester groups is 1. The van der Waals surface area contributed by atoms with Crippen molar-refractivity contribution in [2.45, 2.75) is 257 Å². The monoisotopic (exact) mass is 912 g/mol. The lowest BCUT2D eigenvalue weighted by molar-refractivity contribution is -0.870. The van der Waals surface area contributed by atoms with Crippen molar-refractivity contribution in [1.29, 1.82) is 0 Å². The molecule has 0 aromatic carbocycles. The van der Waals surface area contributed by atoms with E-state index in [-0.39, 0.29) is 18.9 Å². The van der Waals surface area contributed by atoms with Gasteiger partial charge in [0.15, 0.2) is 0 Å². The molecule has 0 aliphatic carbocycles. The van der Waals surface area contributed by atoms with Crippen molar-refractivity contribution in [3.05, 3.63) is 36.5 Å². The molecule has 4 atom stereocenters. The van der Waals surface area contributed by atoms with E-state index >= 15 is 0 Å². The standard InChI is InChI=1S/C53H103N2O7P/c1-6-8-10-12-14-16-18-20-21-22-23-24-25-26-27-28-29-30-31-32-33-34-36-38-40-42-44-46-52(57)54-50(49-62-63(59,60)61-48-47-55(3,4)5)53(58)51(56)45-43-41-39-37-35-19-17-15-13-11-9-7-2/h7,9,15,17,37,39,50-51,53,56,58H,6,8,10-14,16,18-36,38,40-49H2,1-5H3,(H-,54,57,59,60)/p+1/b9-7+,17-15+,39-37+. The lowest BCUT2D eigenvalue weighted by Gasteiger charge is -2.28. The molecule has 0 radical (unpaired) electrons. The highest BCUT2D eigenvalue weighted by Gasteiger charge is 2.31. The second kappa shape index (κ2) is 44.5. The first-order chi connectivity index (χ1) is 30.4. The van der Waals surface area contributed by atoms with Crippen LogP contribution in [0.5, 0.6) is 0 Å². The zero-order valence-electron chi connectivity index (χ0n) is 41.9. The van der Waals surface area contributed by atoms with Gasteiger partial charge in [0.2, 0.25) is 5.91 Å². The van der Waals surface area contributed by atoms with Gasteiger partial charge in [-0.25, -0.2) is 4.57 Å². The lowest BCUT2D eigenvalue weighted by Crippen LogP contribution is -2.51. The van der Waals surface area contributed by atoms with Gasteiger partial charge in [-0.15, -0.1) is 0 Å². The van der Waals surface area contributed by atoms with Crippen molar-refractivity contribution in [1.82, 2.24) is 5.32 Å². The largest absolute Gasteiger partial charge is 0.472 e. The number of amides is 1. The molecule has 0 saturated carbocycles. The molecule has 0 aromatic heterocycles. The molecule has 10 heteroatoms. The van der Waals surface area contributed by atoms with E-state index in [9.17, 15) is 24.5 Å². The number of rotatable bonds is 48. The Hall–Kier alpha value is -1.32. The first-order valence-electron chi connectivity index (χ1n) is 26.4. The summed E-state index contributed by atoms with van der Waals surface area (Å²) in [6.45, 7) is 4.38. The molecule has 0 spiro atoms. The van der Waals surface area contributed by atoms with Gasteiger partial charge >= 0.3 is 7.82 Å². The molecule has 0 aromatic rings. The fraction of sp³-hybridized carbons (Fsp3) is 0.868. The smallest absolute Gasteiger partial charge is 0.390 e. The number of carbonyl (C=O) groups is 1. The highest BCUT2D eigenvalue weighted by atomic mass is 31.2. The normalized spacial score (nSPS) is 14.9. The van der Waals surface area contributed by atoms with Crippen molar-refractivity contribution in [3.8, 4) is 0 Å². The van der Waals surface area contributed by atoms with Crippen LogP contribution in [-0.4, -0.2) is 84.6 Å². The SMILES string of the molecule is C/C=C/CC/C=C/CC/C=C/CCCC(O)C(O)C(COP(=O)(O)OCC[N+](C)(C)C)NC(=O)CCCCCCCCCCCCCCCCCCCCCCCCCCCCC. The van der Waals surface area contributed by atoms with E-state index in [0.717, 1.165) is 51.4 Å². The summed E-state index contributed by atoms with van der Waals surface area (Å²) in [4.78, 5) is 23.2. The Bertz CT molecular complexity index is 1140. The van der Waals surface area contributed by atoms with Crippen LogP contribution in [0.15, 0.2) is 36.5 Å². The molecule has 0 aliphatic heterocycles. The summed E-state index contributed by atoms with van der Waals surface area (Å²) in [5.74, 6) is -0.271. The van der Waals surface area contributed by atoms with Crippen molar-refractivity contribution in [2.24, 2.45) is 0 Å². The van der Waals surface area contributed by atoms with Gasteiger partial charge in [-0.2, -0.15) is 0 Å². The molecule has 372 valence electrons. The molecule has 0 saturated heterocycles. The number of carbonyl (C=O) groups excluding carboxylic acids is 1. The molecule has 1 amide bonds. The summed E-state index contributed by atoms with van der Waals surface area (Å²) >= 11 is 0. The van der Waals surface area contributed by atoms with E-state index in [2.05, 4.69) is 48.7 Å². The van der Waals surface area contributed by atoms with Gasteiger partial charge in [-0.3, -0.25) is 13.8 Å². The van der Waals surface area contributed by atoms with Crippen molar-refractivity contribution in [2.75, 3.05) is 40.9 Å². The maximum absolute atomic E-state index is 13.0. The third-order valence-corrected chi connectivity index (χ3v) is 13.0. The number of aliphatic hydroxyl groups is 2. The van der Waals surface area contributed by atoms with Crippen LogP contribution in [0.4, 0.5) is 0 Å². The first kappa shape index (κ1) is 61.7. The van der Waals surface area contributed by atoms with Crippen LogP contribution in [0.2, 0.25) is 0 Å². The Morgan fingerprint density at radius 3 is 1.35 bits per heavy atom. The Kier molecular flexibility index (Phi) is 43.6. The number of hydrogen-bond acceptors (Lipinski definition) is 6. The third-order valence-electron chi connectivity index (χ3n) is 12.0. The van der Waals surface area contributed by atoms with Gasteiger partial charge in [-0.1, -0.05) is 210 Å². The molecule has 0 heterocycles. The minimum atomic E-state index is -4.43. The molecule has 0 rings (SSSR count). The summed E-state index contributed by atoms with van der Waals surface area (Å²) in [7, 11) is 1.41. The summed E-state index contributed by atoms with van der Waals surface area (Å²) in [5.41, 5.74) is 0.